The first kappa shape index (κ1) is 11.4. The Bertz CT molecular complexity index is 456. The van der Waals surface area contributed by atoms with Crippen LogP contribution < -0.4 is 0 Å². The summed E-state index contributed by atoms with van der Waals surface area (Å²) in [5, 5.41) is 9.36. The number of rotatable bonds is 2. The quantitative estimate of drug-likeness (QED) is 0.864. The zero-order chi connectivity index (χ0) is 12.1. The van der Waals surface area contributed by atoms with Gasteiger partial charge in [-0.05, 0) is 23.1 Å². The highest BCUT2D eigenvalue weighted by Gasteiger charge is 2.63. The summed E-state index contributed by atoms with van der Waals surface area (Å²) < 4.78 is 12.9. The number of halogens is 2. The zero-order valence-electron chi connectivity index (χ0n) is 9.00. The van der Waals surface area contributed by atoms with Crippen LogP contribution >= 0.6 is 11.6 Å². The number of aliphatic carboxylic acids is 1. The SMILES string of the molecule is CC1(C)C(C(=O)O)C1c1ccc(F)cc1Cl. The lowest BCUT2D eigenvalue weighted by Gasteiger charge is -2.05. The molecule has 0 aliphatic heterocycles. The van der Waals surface area contributed by atoms with Gasteiger partial charge in [-0.3, -0.25) is 4.79 Å². The Kier molecular flexibility index (Phi) is 2.46. The first-order valence-electron chi connectivity index (χ1n) is 5.03. The molecule has 0 bridgehead atoms. The molecule has 1 fully saturated rings. The molecule has 1 aromatic carbocycles. The van der Waals surface area contributed by atoms with Crippen LogP contribution in [0.2, 0.25) is 5.02 Å². The van der Waals surface area contributed by atoms with Crippen molar-refractivity contribution in [2.75, 3.05) is 0 Å². The van der Waals surface area contributed by atoms with Crippen molar-refractivity contribution in [3.05, 3.63) is 34.6 Å². The molecule has 0 aromatic heterocycles. The van der Waals surface area contributed by atoms with Crippen molar-refractivity contribution in [2.45, 2.75) is 19.8 Å². The highest BCUT2D eigenvalue weighted by Crippen LogP contribution is 2.65. The van der Waals surface area contributed by atoms with E-state index >= 15 is 0 Å². The topological polar surface area (TPSA) is 37.3 Å². The molecular weight excluding hydrogens is 231 g/mol. The molecule has 1 aliphatic rings. The van der Waals surface area contributed by atoms with Crippen LogP contribution in [0.1, 0.15) is 25.3 Å². The van der Waals surface area contributed by atoms with Gasteiger partial charge in [0, 0.05) is 10.9 Å². The maximum absolute atomic E-state index is 12.9. The maximum Gasteiger partial charge on any atom is 0.307 e. The Morgan fingerprint density at radius 3 is 2.56 bits per heavy atom. The number of benzene rings is 1. The molecule has 16 heavy (non-hydrogen) atoms. The van der Waals surface area contributed by atoms with Gasteiger partial charge < -0.3 is 5.11 Å². The Morgan fingerprint density at radius 1 is 1.50 bits per heavy atom. The van der Waals surface area contributed by atoms with Crippen LogP contribution in [0.3, 0.4) is 0 Å². The van der Waals surface area contributed by atoms with Crippen molar-refractivity contribution in [2.24, 2.45) is 11.3 Å². The van der Waals surface area contributed by atoms with Crippen LogP contribution in [-0.2, 0) is 4.79 Å². The fourth-order valence-corrected chi connectivity index (χ4v) is 2.72. The van der Waals surface area contributed by atoms with E-state index in [4.69, 9.17) is 16.7 Å². The number of hydrogen-bond donors (Lipinski definition) is 1. The minimum Gasteiger partial charge on any atom is -0.481 e. The summed E-state index contributed by atoms with van der Waals surface area (Å²) >= 11 is 5.93. The third-order valence-corrected chi connectivity index (χ3v) is 3.72. The molecule has 1 saturated carbocycles. The van der Waals surface area contributed by atoms with Gasteiger partial charge in [0.05, 0.1) is 5.92 Å². The van der Waals surface area contributed by atoms with Crippen molar-refractivity contribution in [1.82, 2.24) is 0 Å². The summed E-state index contributed by atoms with van der Waals surface area (Å²) in [6, 6.07) is 4.12. The normalized spacial score (nSPS) is 26.5. The first-order valence-corrected chi connectivity index (χ1v) is 5.41. The van der Waals surface area contributed by atoms with E-state index in [9.17, 15) is 9.18 Å². The lowest BCUT2D eigenvalue weighted by atomic mass is 10.0. The van der Waals surface area contributed by atoms with Gasteiger partial charge in [0.1, 0.15) is 5.82 Å². The fraction of sp³-hybridized carbons (Fsp3) is 0.417. The van der Waals surface area contributed by atoms with Crippen molar-refractivity contribution >= 4 is 17.6 Å². The predicted molar refractivity (Wildman–Crippen MR) is 59.1 cm³/mol. The average molecular weight is 243 g/mol. The van der Waals surface area contributed by atoms with E-state index in [1.807, 2.05) is 13.8 Å². The Hall–Kier alpha value is -1.09. The Balaban J connectivity index is 2.37. The molecule has 86 valence electrons. The van der Waals surface area contributed by atoms with E-state index in [1.54, 1.807) is 6.07 Å². The van der Waals surface area contributed by atoms with E-state index in [2.05, 4.69) is 0 Å². The molecule has 1 N–H and O–H groups in total. The van der Waals surface area contributed by atoms with Crippen molar-refractivity contribution in [3.8, 4) is 0 Å². The molecule has 1 aliphatic carbocycles. The smallest absolute Gasteiger partial charge is 0.307 e. The second kappa shape index (κ2) is 3.45. The summed E-state index contributed by atoms with van der Waals surface area (Å²) in [7, 11) is 0. The molecule has 4 heteroatoms. The molecule has 0 amide bonds. The van der Waals surface area contributed by atoms with Crippen molar-refractivity contribution in [3.63, 3.8) is 0 Å². The van der Waals surface area contributed by atoms with Gasteiger partial charge in [-0.25, -0.2) is 4.39 Å². The Labute approximate surface area is 98.0 Å². The molecule has 0 saturated heterocycles. The van der Waals surface area contributed by atoms with Gasteiger partial charge in [0.2, 0.25) is 0 Å². The molecule has 2 atom stereocenters. The maximum atomic E-state index is 12.9. The van der Waals surface area contributed by atoms with E-state index in [1.165, 1.54) is 12.1 Å². The highest BCUT2D eigenvalue weighted by atomic mass is 35.5. The van der Waals surface area contributed by atoms with Crippen molar-refractivity contribution < 1.29 is 14.3 Å². The minimum absolute atomic E-state index is 0.127. The molecule has 2 nitrogen and oxygen atoms in total. The second-order valence-electron chi connectivity index (χ2n) is 4.78. The van der Waals surface area contributed by atoms with Crippen LogP contribution in [0.15, 0.2) is 18.2 Å². The Morgan fingerprint density at radius 2 is 2.12 bits per heavy atom. The first-order chi connectivity index (χ1) is 7.35. The van der Waals surface area contributed by atoms with Crippen LogP contribution in [0, 0.1) is 17.2 Å². The van der Waals surface area contributed by atoms with Crippen LogP contribution in [0.25, 0.3) is 0 Å². The fourth-order valence-electron chi connectivity index (χ4n) is 2.43. The predicted octanol–water partition coefficient (Wildman–Crippen LogP) is 3.30. The standard InChI is InChI=1S/C12H12ClFO2/c1-12(2)9(10(12)11(15)16)7-4-3-6(14)5-8(7)13/h3-5,9-10H,1-2H3,(H,15,16). The summed E-state index contributed by atoms with van der Waals surface area (Å²) in [5.41, 5.74) is 0.410. The molecule has 0 heterocycles. The highest BCUT2D eigenvalue weighted by molar-refractivity contribution is 6.31. The second-order valence-corrected chi connectivity index (χ2v) is 5.19. The van der Waals surface area contributed by atoms with Gasteiger partial charge in [0.25, 0.3) is 0 Å². The summed E-state index contributed by atoms with van der Waals surface area (Å²) in [4.78, 5) is 11.0. The van der Waals surface area contributed by atoms with Crippen molar-refractivity contribution in [1.29, 1.82) is 0 Å². The monoisotopic (exact) mass is 242 g/mol. The third-order valence-electron chi connectivity index (χ3n) is 3.39. The summed E-state index contributed by atoms with van der Waals surface area (Å²) in [6.07, 6.45) is 0. The van der Waals surface area contributed by atoms with Gasteiger partial charge in [0.15, 0.2) is 0 Å². The van der Waals surface area contributed by atoms with E-state index in [-0.39, 0.29) is 11.3 Å². The molecule has 2 unspecified atom stereocenters. The lowest BCUT2D eigenvalue weighted by Crippen LogP contribution is -2.03. The van der Waals surface area contributed by atoms with Crippen LogP contribution in [0.5, 0.6) is 0 Å². The largest absolute Gasteiger partial charge is 0.481 e. The van der Waals surface area contributed by atoms with E-state index < -0.39 is 17.7 Å². The minimum atomic E-state index is -0.824. The van der Waals surface area contributed by atoms with Gasteiger partial charge in [-0.15, -0.1) is 0 Å². The molecule has 0 radical (unpaired) electrons. The van der Waals surface area contributed by atoms with Gasteiger partial charge >= 0.3 is 5.97 Å². The number of carbonyl (C=O) groups is 1. The van der Waals surface area contributed by atoms with Crippen LogP contribution in [0.4, 0.5) is 4.39 Å². The summed E-state index contributed by atoms with van der Waals surface area (Å²) in [5.74, 6) is -1.79. The average Bonchev–Trinajstić information content (AvgIpc) is 2.69. The van der Waals surface area contributed by atoms with E-state index in [0.717, 1.165) is 5.56 Å². The molecular formula is C12H12ClFO2. The zero-order valence-corrected chi connectivity index (χ0v) is 9.75. The number of carboxylic acid groups (broad SMARTS) is 1. The van der Waals surface area contributed by atoms with Gasteiger partial charge in [-0.2, -0.15) is 0 Å². The van der Waals surface area contributed by atoms with Gasteiger partial charge in [-0.1, -0.05) is 31.5 Å². The lowest BCUT2D eigenvalue weighted by molar-refractivity contribution is -0.139. The molecule has 2 rings (SSSR count). The third kappa shape index (κ3) is 1.59. The number of hydrogen-bond acceptors (Lipinski definition) is 1. The van der Waals surface area contributed by atoms with E-state index in [0.29, 0.717) is 5.02 Å². The summed E-state index contributed by atoms with van der Waals surface area (Å²) in [6.45, 7) is 3.77. The molecule has 1 aromatic rings. The van der Waals surface area contributed by atoms with Crippen LogP contribution in [-0.4, -0.2) is 11.1 Å². The number of carboxylic acids is 1. The molecule has 0 spiro atoms.